The number of halogens is 1. The molecule has 0 saturated heterocycles. The fourth-order valence-electron chi connectivity index (χ4n) is 5.32. The average Bonchev–Trinajstić information content (AvgIpc) is 3.28. The highest BCUT2D eigenvalue weighted by molar-refractivity contribution is 6.30. The number of nitrogens with one attached hydrogen (secondary N) is 1. The van der Waals surface area contributed by atoms with Gasteiger partial charge in [-0.15, -0.1) is 0 Å². The number of fused-ring (bicyclic) bond motifs is 1. The summed E-state index contributed by atoms with van der Waals surface area (Å²) in [5.41, 5.74) is 3.79. The molecule has 7 nitrogen and oxygen atoms in total. The predicted octanol–water partition coefficient (Wildman–Crippen LogP) is 5.12. The Bertz CT molecular complexity index is 1180. The lowest BCUT2D eigenvalue weighted by Crippen LogP contribution is -2.46. The number of aryl methyl sites for hydroxylation is 1. The number of hydrogen-bond donors (Lipinski definition) is 1. The molecule has 2 aromatic rings. The Labute approximate surface area is 237 Å². The van der Waals surface area contributed by atoms with Crippen molar-refractivity contribution in [2.75, 3.05) is 26.7 Å². The van der Waals surface area contributed by atoms with Crippen LogP contribution in [0.5, 0.6) is 0 Å². The lowest BCUT2D eigenvalue weighted by Gasteiger charge is -2.25. The van der Waals surface area contributed by atoms with Gasteiger partial charge in [-0.05, 0) is 86.6 Å². The Balaban J connectivity index is 1.49. The Kier molecular flexibility index (Phi) is 12.0. The summed E-state index contributed by atoms with van der Waals surface area (Å²) in [4.78, 5) is 40.5. The van der Waals surface area contributed by atoms with Crippen molar-refractivity contribution < 1.29 is 14.4 Å². The number of nitrogens with zero attached hydrogens (tertiary/aromatic N) is 3. The van der Waals surface area contributed by atoms with Crippen molar-refractivity contribution in [3.63, 3.8) is 0 Å². The largest absolute Gasteiger partial charge is 0.357 e. The fourth-order valence-corrected chi connectivity index (χ4v) is 5.52. The molecule has 0 aromatic heterocycles. The van der Waals surface area contributed by atoms with Crippen LogP contribution < -0.4 is 5.32 Å². The third kappa shape index (κ3) is 8.14. The van der Waals surface area contributed by atoms with E-state index in [9.17, 15) is 19.6 Å². The Hall–Kier alpha value is -3.21. The van der Waals surface area contributed by atoms with E-state index < -0.39 is 6.04 Å². The van der Waals surface area contributed by atoms with Crippen LogP contribution in [0.3, 0.4) is 0 Å². The lowest BCUT2D eigenvalue weighted by atomic mass is 9.97. The van der Waals surface area contributed by atoms with Crippen LogP contribution in [0.15, 0.2) is 42.5 Å². The maximum absolute atomic E-state index is 13.1. The van der Waals surface area contributed by atoms with Crippen LogP contribution in [0.1, 0.15) is 78.4 Å². The fraction of sp³-hybridized carbons (Fsp3) is 0.484. The monoisotopic (exact) mass is 550 g/mol. The summed E-state index contributed by atoms with van der Waals surface area (Å²) in [5, 5.41) is 12.9. The molecule has 0 radical (unpaired) electrons. The zero-order valence-electron chi connectivity index (χ0n) is 23.0. The summed E-state index contributed by atoms with van der Waals surface area (Å²) in [5.74, 6) is -0.547. The van der Waals surface area contributed by atoms with Gasteiger partial charge in [0.1, 0.15) is 12.3 Å². The van der Waals surface area contributed by atoms with E-state index in [1.807, 2.05) is 36.4 Å². The van der Waals surface area contributed by atoms with Crippen molar-refractivity contribution >= 4 is 29.7 Å². The van der Waals surface area contributed by atoms with E-state index in [-0.39, 0.29) is 24.2 Å². The van der Waals surface area contributed by atoms with Gasteiger partial charge in [-0.25, -0.2) is 0 Å². The quantitative estimate of drug-likeness (QED) is 0.231. The van der Waals surface area contributed by atoms with Crippen molar-refractivity contribution in [2.45, 2.75) is 70.4 Å². The van der Waals surface area contributed by atoms with E-state index in [2.05, 4.69) is 29.3 Å². The molecule has 1 aliphatic rings. The second kappa shape index (κ2) is 15.4. The van der Waals surface area contributed by atoms with Crippen molar-refractivity contribution in [2.24, 2.45) is 0 Å². The minimum atomic E-state index is -0.646. The molecule has 1 N–H and O–H groups in total. The predicted molar refractivity (Wildman–Crippen MR) is 154 cm³/mol. The highest BCUT2D eigenvalue weighted by Crippen LogP contribution is 2.30. The third-order valence-electron chi connectivity index (χ3n) is 7.58. The first-order chi connectivity index (χ1) is 18.9. The number of nitriles is 1. The number of carbonyl (C=O) groups is 3. The maximum Gasteiger partial charge on any atom is 0.255 e. The van der Waals surface area contributed by atoms with Gasteiger partial charge < -0.3 is 19.9 Å². The molecule has 1 heterocycles. The van der Waals surface area contributed by atoms with Crippen molar-refractivity contribution in [3.05, 3.63) is 69.7 Å². The zero-order chi connectivity index (χ0) is 28.2. The van der Waals surface area contributed by atoms with Crippen molar-refractivity contribution in [1.82, 2.24) is 15.1 Å². The van der Waals surface area contributed by atoms with Crippen LogP contribution in [0, 0.1) is 11.3 Å². The number of amides is 2. The van der Waals surface area contributed by atoms with E-state index in [1.165, 1.54) is 0 Å². The van der Waals surface area contributed by atoms with Gasteiger partial charge in [-0.3, -0.25) is 9.59 Å². The Morgan fingerprint density at radius 1 is 1.18 bits per heavy atom. The third-order valence-corrected chi connectivity index (χ3v) is 7.82. The van der Waals surface area contributed by atoms with Crippen LogP contribution in [0.25, 0.3) is 0 Å². The summed E-state index contributed by atoms with van der Waals surface area (Å²) in [6.07, 6.45) is 6.13. The van der Waals surface area contributed by atoms with Gasteiger partial charge in [0.2, 0.25) is 5.91 Å². The molecule has 0 saturated carbocycles. The molecule has 0 aliphatic carbocycles. The van der Waals surface area contributed by atoms with E-state index in [4.69, 9.17) is 11.6 Å². The molecule has 39 heavy (non-hydrogen) atoms. The van der Waals surface area contributed by atoms with Crippen LogP contribution in [-0.2, 0) is 22.6 Å². The first kappa shape index (κ1) is 30.3. The number of aldehydes is 1. The van der Waals surface area contributed by atoms with Gasteiger partial charge in [0.05, 0.1) is 12.0 Å². The highest BCUT2D eigenvalue weighted by atomic mass is 35.5. The number of benzene rings is 2. The molecule has 208 valence electrons. The summed E-state index contributed by atoms with van der Waals surface area (Å²) < 4.78 is 0. The number of likely N-dealkylation sites (N-methyl/N-ethyl adjacent to an activating group) is 1. The topological polar surface area (TPSA) is 93.5 Å². The van der Waals surface area contributed by atoms with Crippen LogP contribution in [-0.4, -0.2) is 60.6 Å². The van der Waals surface area contributed by atoms with Gasteiger partial charge in [0.15, 0.2) is 0 Å². The molecule has 2 atom stereocenters. The number of unbranched alkanes of at least 4 members (excludes halogenated alkanes) is 2. The van der Waals surface area contributed by atoms with Gasteiger partial charge in [-0.1, -0.05) is 49.2 Å². The van der Waals surface area contributed by atoms with Crippen LogP contribution in [0.2, 0.25) is 5.02 Å². The highest BCUT2D eigenvalue weighted by Gasteiger charge is 2.36. The molecule has 0 fully saturated rings. The minimum Gasteiger partial charge on any atom is -0.357 e. The molecule has 0 spiro atoms. The Morgan fingerprint density at radius 2 is 1.97 bits per heavy atom. The Morgan fingerprint density at radius 3 is 2.67 bits per heavy atom. The summed E-state index contributed by atoms with van der Waals surface area (Å²) in [6, 6.07) is 15.2. The normalized spacial score (nSPS) is 14.1. The van der Waals surface area contributed by atoms with Gasteiger partial charge in [-0.2, -0.15) is 5.26 Å². The number of hydrogen-bond acceptors (Lipinski definition) is 5. The smallest absolute Gasteiger partial charge is 0.255 e. The molecule has 2 unspecified atom stereocenters. The summed E-state index contributed by atoms with van der Waals surface area (Å²) in [6.45, 7) is 5.33. The van der Waals surface area contributed by atoms with Gasteiger partial charge in [0, 0.05) is 30.6 Å². The van der Waals surface area contributed by atoms with Crippen molar-refractivity contribution in [1.29, 1.82) is 5.26 Å². The molecule has 1 aliphatic heterocycles. The van der Waals surface area contributed by atoms with Crippen LogP contribution in [0.4, 0.5) is 0 Å². The van der Waals surface area contributed by atoms with E-state index in [0.717, 1.165) is 74.7 Å². The zero-order valence-corrected chi connectivity index (χ0v) is 23.8. The lowest BCUT2D eigenvalue weighted by molar-refractivity contribution is -0.125. The first-order valence-electron chi connectivity index (χ1n) is 13.9. The number of rotatable bonds is 16. The second-order valence-electron chi connectivity index (χ2n) is 10.0. The molecule has 2 amide bonds. The standard InChI is InChI=1S/C31H39ClN4O3/c1-3-35(18-16-25(21-33)24-12-7-13-26(32)20-24)17-6-4-5-10-23-11-8-14-27-28(23)22-36(31(27)39)29(15-9-19-37)30(38)34-2/h7-8,11-14,19-20,25,29H,3-6,9-10,15-18,22H2,1-2H3,(H,34,38). The van der Waals surface area contributed by atoms with Gasteiger partial charge in [0.25, 0.3) is 5.91 Å². The summed E-state index contributed by atoms with van der Waals surface area (Å²) >= 11 is 6.11. The van der Waals surface area contributed by atoms with E-state index in [0.29, 0.717) is 23.6 Å². The first-order valence-corrected chi connectivity index (χ1v) is 14.3. The van der Waals surface area contributed by atoms with Gasteiger partial charge >= 0.3 is 0 Å². The van der Waals surface area contributed by atoms with Crippen LogP contribution >= 0.6 is 11.6 Å². The number of carbonyl (C=O) groups excluding carboxylic acids is 3. The second-order valence-corrected chi connectivity index (χ2v) is 10.5. The molecule has 2 aromatic carbocycles. The van der Waals surface area contributed by atoms with Crippen molar-refractivity contribution in [3.8, 4) is 6.07 Å². The molecule has 0 bridgehead atoms. The summed E-state index contributed by atoms with van der Waals surface area (Å²) in [7, 11) is 1.55. The maximum atomic E-state index is 13.1. The SMILES string of the molecule is CCN(CCCCCc1cccc2c1CN(C(CCC=O)C(=O)NC)C2=O)CCC(C#N)c1cccc(Cl)c1. The molecular weight excluding hydrogens is 512 g/mol. The molecule has 8 heteroatoms. The molecule has 3 rings (SSSR count). The van der Waals surface area contributed by atoms with E-state index in [1.54, 1.807) is 11.9 Å². The minimum absolute atomic E-state index is 0.140. The van der Waals surface area contributed by atoms with E-state index >= 15 is 0 Å². The molecular formula is C31H39ClN4O3. The average molecular weight is 551 g/mol.